The van der Waals surface area contributed by atoms with Gasteiger partial charge in [0, 0.05) is 18.2 Å². The maximum Gasteiger partial charge on any atom is 0.216 e. The van der Waals surface area contributed by atoms with Gasteiger partial charge >= 0.3 is 0 Å². The molecule has 6 nitrogen and oxygen atoms in total. The first-order chi connectivity index (χ1) is 8.29. The van der Waals surface area contributed by atoms with Crippen molar-refractivity contribution in [2.45, 2.75) is 39.0 Å². The average molecular weight is 275 g/mol. The number of sulfonamides is 1. The van der Waals surface area contributed by atoms with Gasteiger partial charge in [-0.2, -0.15) is 0 Å². The molecule has 0 aliphatic carbocycles. The van der Waals surface area contributed by atoms with Gasteiger partial charge in [0.1, 0.15) is 5.76 Å². The molecular formula is C11H21N3O3S. The minimum atomic E-state index is -3.36. The minimum Gasteiger partial charge on any atom is -0.361 e. The molecule has 0 saturated carbocycles. The second-order valence-corrected chi connectivity index (χ2v) is 6.62. The van der Waals surface area contributed by atoms with Gasteiger partial charge in [0.25, 0.3) is 0 Å². The predicted octanol–water partition coefficient (Wildman–Crippen LogP) is 0.880. The molecule has 2 atom stereocenters. The Hall–Kier alpha value is -0.920. The fourth-order valence-corrected chi connectivity index (χ4v) is 3.16. The van der Waals surface area contributed by atoms with E-state index in [1.165, 1.54) is 0 Å². The van der Waals surface area contributed by atoms with Crippen LogP contribution in [0.5, 0.6) is 0 Å². The number of aryl methyl sites for hydroxylation is 2. The van der Waals surface area contributed by atoms with Crippen LogP contribution in [0.3, 0.4) is 0 Å². The summed E-state index contributed by atoms with van der Waals surface area (Å²) in [6.07, 6.45) is 0. The lowest BCUT2D eigenvalue weighted by Crippen LogP contribution is -2.39. The average Bonchev–Trinajstić information content (AvgIpc) is 2.58. The molecular weight excluding hydrogens is 254 g/mol. The van der Waals surface area contributed by atoms with Gasteiger partial charge in [0.2, 0.25) is 10.0 Å². The maximum absolute atomic E-state index is 12.0. The lowest BCUT2D eigenvalue weighted by Gasteiger charge is -2.18. The molecule has 0 saturated heterocycles. The van der Waals surface area contributed by atoms with Crippen LogP contribution in [0.25, 0.3) is 0 Å². The highest BCUT2D eigenvalue weighted by Gasteiger charge is 2.25. The van der Waals surface area contributed by atoms with Crippen LogP contribution in [0.4, 0.5) is 0 Å². The quantitative estimate of drug-likeness (QED) is 0.805. The minimum absolute atomic E-state index is 0.347. The van der Waals surface area contributed by atoms with Gasteiger partial charge in [-0.05, 0) is 34.7 Å². The molecule has 2 N–H and O–H groups in total. The van der Waals surface area contributed by atoms with E-state index in [1.807, 2.05) is 0 Å². The topological polar surface area (TPSA) is 84.2 Å². The molecule has 0 aliphatic rings. The summed E-state index contributed by atoms with van der Waals surface area (Å²) in [5.41, 5.74) is 1.51. The van der Waals surface area contributed by atoms with E-state index < -0.39 is 15.3 Å². The summed E-state index contributed by atoms with van der Waals surface area (Å²) < 4.78 is 31.8. The van der Waals surface area contributed by atoms with E-state index in [-0.39, 0.29) is 6.04 Å². The molecule has 0 radical (unpaired) electrons. The molecule has 0 spiro atoms. The van der Waals surface area contributed by atoms with Gasteiger partial charge in [0.05, 0.1) is 10.9 Å². The van der Waals surface area contributed by atoms with Crippen LogP contribution in [0.2, 0.25) is 0 Å². The smallest absolute Gasteiger partial charge is 0.216 e. The molecule has 2 unspecified atom stereocenters. The van der Waals surface area contributed by atoms with Crippen molar-refractivity contribution >= 4 is 10.0 Å². The van der Waals surface area contributed by atoms with Crippen LogP contribution in [0.15, 0.2) is 4.52 Å². The SMILES string of the molecule is CNCC(C)S(=O)(=O)NC(C)c1c(C)noc1C. The summed E-state index contributed by atoms with van der Waals surface area (Å²) in [7, 11) is -1.64. The summed E-state index contributed by atoms with van der Waals surface area (Å²) in [5.74, 6) is 0.643. The van der Waals surface area contributed by atoms with E-state index >= 15 is 0 Å². The summed E-state index contributed by atoms with van der Waals surface area (Å²) in [6.45, 7) is 7.43. The zero-order chi connectivity index (χ0) is 13.9. The highest BCUT2D eigenvalue weighted by atomic mass is 32.2. The number of hydrogen-bond acceptors (Lipinski definition) is 5. The third-order valence-electron chi connectivity index (χ3n) is 2.88. The lowest BCUT2D eigenvalue weighted by molar-refractivity contribution is 0.391. The largest absolute Gasteiger partial charge is 0.361 e. The molecule has 1 aromatic heterocycles. The predicted molar refractivity (Wildman–Crippen MR) is 69.8 cm³/mol. The van der Waals surface area contributed by atoms with Crippen molar-refractivity contribution in [1.29, 1.82) is 0 Å². The summed E-state index contributed by atoms with van der Waals surface area (Å²) >= 11 is 0. The number of hydrogen-bond donors (Lipinski definition) is 2. The van der Waals surface area contributed by atoms with Crippen molar-refractivity contribution in [2.75, 3.05) is 13.6 Å². The highest BCUT2D eigenvalue weighted by Crippen LogP contribution is 2.22. The van der Waals surface area contributed by atoms with Crippen molar-refractivity contribution in [1.82, 2.24) is 15.2 Å². The second kappa shape index (κ2) is 5.81. The molecule has 0 aromatic carbocycles. The third kappa shape index (κ3) is 3.30. The Kier molecular flexibility index (Phi) is 4.89. The van der Waals surface area contributed by atoms with Crippen molar-refractivity contribution in [3.05, 3.63) is 17.0 Å². The molecule has 18 heavy (non-hydrogen) atoms. The number of nitrogens with one attached hydrogen (secondary N) is 2. The number of aromatic nitrogens is 1. The second-order valence-electron chi connectivity index (χ2n) is 4.49. The lowest BCUT2D eigenvalue weighted by atomic mass is 10.1. The zero-order valence-electron chi connectivity index (χ0n) is 11.4. The van der Waals surface area contributed by atoms with Gasteiger partial charge in [-0.25, -0.2) is 13.1 Å². The Bertz CT molecular complexity index is 476. The zero-order valence-corrected chi connectivity index (χ0v) is 12.3. The molecule has 1 heterocycles. The van der Waals surface area contributed by atoms with E-state index in [4.69, 9.17) is 4.52 Å². The molecule has 0 fully saturated rings. The maximum atomic E-state index is 12.0. The number of rotatable bonds is 6. The van der Waals surface area contributed by atoms with Gasteiger partial charge in [-0.1, -0.05) is 5.16 Å². The third-order valence-corrected chi connectivity index (χ3v) is 4.79. The van der Waals surface area contributed by atoms with E-state index in [0.717, 1.165) is 5.56 Å². The summed E-state index contributed by atoms with van der Waals surface area (Å²) in [5, 5.41) is 6.19. The number of nitrogens with zero attached hydrogens (tertiary/aromatic N) is 1. The molecule has 1 aromatic rings. The molecule has 0 amide bonds. The van der Waals surface area contributed by atoms with Crippen LogP contribution in [-0.4, -0.2) is 32.4 Å². The summed E-state index contributed by atoms with van der Waals surface area (Å²) in [6, 6.07) is -0.347. The molecule has 104 valence electrons. The monoisotopic (exact) mass is 275 g/mol. The van der Waals surface area contributed by atoms with Crippen LogP contribution in [0.1, 0.15) is 36.9 Å². The van der Waals surface area contributed by atoms with Crippen molar-refractivity contribution in [3.8, 4) is 0 Å². The first-order valence-electron chi connectivity index (χ1n) is 5.88. The fraction of sp³-hybridized carbons (Fsp3) is 0.727. The van der Waals surface area contributed by atoms with Crippen LogP contribution in [0, 0.1) is 13.8 Å². The van der Waals surface area contributed by atoms with Crippen molar-refractivity contribution in [3.63, 3.8) is 0 Å². The molecule has 7 heteroatoms. The fourth-order valence-electron chi connectivity index (χ4n) is 1.93. The summed E-state index contributed by atoms with van der Waals surface area (Å²) in [4.78, 5) is 0. The van der Waals surface area contributed by atoms with Crippen LogP contribution in [-0.2, 0) is 10.0 Å². The van der Waals surface area contributed by atoms with E-state index in [0.29, 0.717) is 18.0 Å². The van der Waals surface area contributed by atoms with Gasteiger partial charge < -0.3 is 9.84 Å². The van der Waals surface area contributed by atoms with Gasteiger partial charge in [-0.15, -0.1) is 0 Å². The van der Waals surface area contributed by atoms with Crippen molar-refractivity contribution in [2.24, 2.45) is 0 Å². The highest BCUT2D eigenvalue weighted by molar-refractivity contribution is 7.90. The molecule has 0 bridgehead atoms. The Labute approximate surface area is 108 Å². The van der Waals surface area contributed by atoms with E-state index in [2.05, 4.69) is 15.2 Å². The Morgan fingerprint density at radius 1 is 1.33 bits per heavy atom. The standard InChI is InChI=1S/C11H21N3O3S/c1-7(6-12-5)18(15,16)14-9(3)11-8(2)13-17-10(11)4/h7,9,12,14H,6H2,1-5H3. The normalized spacial score (nSPS) is 15.6. The Morgan fingerprint density at radius 2 is 1.94 bits per heavy atom. The van der Waals surface area contributed by atoms with Crippen LogP contribution >= 0.6 is 0 Å². The first kappa shape index (κ1) is 15.1. The van der Waals surface area contributed by atoms with E-state index in [1.54, 1.807) is 34.7 Å². The molecule has 0 aliphatic heterocycles. The first-order valence-corrected chi connectivity index (χ1v) is 7.42. The van der Waals surface area contributed by atoms with Crippen molar-refractivity contribution < 1.29 is 12.9 Å². The molecule has 1 rings (SSSR count). The van der Waals surface area contributed by atoms with Crippen LogP contribution < -0.4 is 10.0 Å². The Morgan fingerprint density at radius 3 is 2.39 bits per heavy atom. The van der Waals surface area contributed by atoms with Gasteiger partial charge in [0.15, 0.2) is 0 Å². The Balaban J connectivity index is 2.85. The van der Waals surface area contributed by atoms with Gasteiger partial charge in [-0.3, -0.25) is 0 Å². The van der Waals surface area contributed by atoms with E-state index in [9.17, 15) is 8.42 Å².